The summed E-state index contributed by atoms with van der Waals surface area (Å²) in [5.41, 5.74) is 13.3. The van der Waals surface area contributed by atoms with Crippen molar-refractivity contribution in [2.24, 2.45) is 16.6 Å². The van der Waals surface area contributed by atoms with Crippen molar-refractivity contribution in [3.8, 4) is 23.0 Å². The number of anilines is 3. The molecule has 0 aliphatic carbocycles. The van der Waals surface area contributed by atoms with Gasteiger partial charge in [-0.3, -0.25) is 72.9 Å². The molecule has 0 saturated carbocycles. The van der Waals surface area contributed by atoms with Gasteiger partial charge in [-0.1, -0.05) is 59.7 Å². The van der Waals surface area contributed by atoms with Crippen molar-refractivity contribution >= 4 is 151 Å². The summed E-state index contributed by atoms with van der Waals surface area (Å²) in [6.07, 6.45) is -3.07. The Hall–Kier alpha value is -13.9. The van der Waals surface area contributed by atoms with Crippen LogP contribution in [0.2, 0.25) is 0 Å². The molecule has 45 nitrogen and oxygen atoms in total. The minimum Gasteiger partial charge on any atom is -0.493 e. The second kappa shape index (κ2) is 44.5. The lowest BCUT2D eigenvalue weighted by Gasteiger charge is -2.32. The Kier molecular flexibility index (Phi) is 33.9. The Labute approximate surface area is 725 Å². The van der Waals surface area contributed by atoms with Crippen LogP contribution in [0.3, 0.4) is 0 Å². The molecular weight excluding hydrogens is 1700 g/mol. The molecule has 3 aromatic carbocycles. The van der Waals surface area contributed by atoms with E-state index in [-0.39, 0.29) is 109 Å². The number of aliphatic hydroxyl groups is 1. The van der Waals surface area contributed by atoms with E-state index in [0.29, 0.717) is 71.9 Å². The molecule has 9 rings (SSSR count). The van der Waals surface area contributed by atoms with Gasteiger partial charge in [0.15, 0.2) is 46.3 Å². The van der Waals surface area contributed by atoms with Crippen LogP contribution in [0.1, 0.15) is 128 Å². The van der Waals surface area contributed by atoms with E-state index >= 15 is 0 Å². The van der Waals surface area contributed by atoms with Crippen molar-refractivity contribution in [1.82, 2.24) is 67.0 Å². The van der Waals surface area contributed by atoms with E-state index < -0.39 is 193 Å². The van der Waals surface area contributed by atoms with E-state index in [1.807, 2.05) is 5.32 Å². The molecule has 10 atom stereocenters. The average Bonchev–Trinajstić information content (AvgIpc) is 1.60. The Morgan fingerprint density at radius 1 is 0.667 bits per heavy atom. The number of fused-ring (bicyclic) bond motifs is 5. The summed E-state index contributed by atoms with van der Waals surface area (Å²) in [6, 6.07) is -1.44. The van der Waals surface area contributed by atoms with Gasteiger partial charge in [0.25, 0.3) is 23.3 Å². The molecule has 9 amide bonds. The minimum absolute atomic E-state index is 0.0238. The summed E-state index contributed by atoms with van der Waals surface area (Å²) in [6.45, 7) is 11.9. The predicted octanol–water partition coefficient (Wildman–Crippen LogP) is 1.35. The van der Waals surface area contributed by atoms with E-state index in [1.165, 1.54) is 61.7 Å². The number of hydrogen-bond acceptors (Lipinski definition) is 30. The number of guanidine groups is 1. The van der Waals surface area contributed by atoms with Gasteiger partial charge in [0.1, 0.15) is 42.9 Å². The molecule has 4 aliphatic heterocycles. The van der Waals surface area contributed by atoms with Crippen LogP contribution in [-0.2, 0) is 59.2 Å². The molecular formula is C79H97N19O26S2. The van der Waals surface area contributed by atoms with E-state index in [9.17, 15) is 103 Å². The molecule has 20 N–H and O–H groups in total. The third kappa shape index (κ3) is 26.1. The number of aromatic amines is 1. The van der Waals surface area contributed by atoms with Crippen molar-refractivity contribution in [1.29, 1.82) is 5.41 Å². The van der Waals surface area contributed by atoms with Gasteiger partial charge in [-0.25, -0.2) is 29.3 Å². The number of nitrogen functional groups attached to an aromatic ring is 1. The van der Waals surface area contributed by atoms with Gasteiger partial charge in [0, 0.05) is 61.4 Å². The SMILES string of the molecule is C=C1C[C@H]2C=Nc3cc(OCCCCCOc4cc5c(cc4OC)C(=O)N4CC(=C)C[C@H]4[C@H](O)N5C(=O)OC[C@@H](SSC[C@H](NC(=O)[C@H](CC(=O)O)NC(=O)[C@H](CC(=O)O)NC(=O)[C@H](CCCNC(=N)N)NC(=O)[C@H](CC(=O)O)NC(=O)CC[C@H](NC(=O)c4ccc(NCc5cnc6nc(N)[nH]c(=O)c6n5)cc4)C(=O)O)C(=O)O)C(C)C)c(OC)cc3C(=O)N2C1. The summed E-state index contributed by atoms with van der Waals surface area (Å²) in [5, 5.41) is 87.5. The molecule has 126 heavy (non-hydrogen) atoms. The zero-order valence-corrected chi connectivity index (χ0v) is 70.3. The lowest BCUT2D eigenvalue weighted by molar-refractivity contribution is -0.144. The zero-order chi connectivity index (χ0) is 91.9. The lowest BCUT2D eigenvalue weighted by atomic mass is 10.1. The van der Waals surface area contributed by atoms with Crippen LogP contribution in [0.5, 0.6) is 23.0 Å². The standard InChI is InChI=1S/C79H97N19O26S2/c1-37(2)59(35-124-79(119)98-53-29-58(56(121-6)24-45(53)73(113)97-34-39(4)22-54(97)74(98)114)123-20-9-7-8-19-122-57-25-48-44(23-55(57)120-5)72(112)96-33-38(3)21-43(96)32-85-48)126-125-36-52(76(117)118)93-70(110)51(28-63(104)105)92-69(109)50(27-62(102)103)91-67(107)46(11-10-18-83-77(80)81)89-68(108)49(26-61(100)101)88-60(99)17-16-47(75(115)116)90-66(106)40-12-14-41(15-13-40)84-30-42-31-86-65-64(87-42)71(111)95-78(82)94-65/h12-15,23-25,29,31-32,37,43,46-47,49-52,54,59,74,84,114H,3-4,7-11,16-22,26-28,30,33-36H2,1-2,5-6H3,(H,88,99)(H,89,108)(H,90,106)(H,91,107)(H,92,109)(H,93,110)(H,100,101)(H,102,103)(H,104,105)(H,115,116)(H,117,118)(H4,80,81,83)(H3,82,86,94,95,111)/t43-,46-,47-,49-,50-,51-,52-,54-,59+,74-/m0/s1. The number of unbranched alkanes of at least 4 members (excludes halogenated alkanes) is 2. The highest BCUT2D eigenvalue weighted by Gasteiger charge is 2.47. The topological polar surface area (TPSA) is 672 Å². The number of ether oxygens (including phenoxy) is 5. The minimum atomic E-state index is -2.23. The Morgan fingerprint density at radius 3 is 1.83 bits per heavy atom. The van der Waals surface area contributed by atoms with Crippen LogP contribution in [0.4, 0.5) is 27.8 Å². The van der Waals surface area contributed by atoms with Gasteiger partial charge in [0.05, 0.1) is 105 Å². The number of H-pyrrole nitrogens is 1. The van der Waals surface area contributed by atoms with Crippen molar-refractivity contribution < 1.29 is 121 Å². The number of hydrogen-bond donors (Lipinski definition) is 18. The number of carboxylic acids is 5. The lowest BCUT2D eigenvalue weighted by Crippen LogP contribution is -2.59. The van der Waals surface area contributed by atoms with Crippen LogP contribution < -0.4 is 83.4 Å². The fourth-order valence-corrected chi connectivity index (χ4v) is 16.5. The number of nitrogens with one attached hydrogen (secondary N) is 10. The number of amides is 9. The summed E-state index contributed by atoms with van der Waals surface area (Å²) < 4.78 is 29.5. The van der Waals surface area contributed by atoms with Crippen LogP contribution in [0.25, 0.3) is 11.2 Å². The molecule has 0 unspecified atom stereocenters. The Bertz CT molecular complexity index is 5110. The van der Waals surface area contributed by atoms with Gasteiger partial charge >= 0.3 is 35.9 Å². The maximum Gasteiger partial charge on any atom is 0.416 e. The summed E-state index contributed by atoms with van der Waals surface area (Å²) >= 11 is 0. The first-order valence-electron chi connectivity index (χ1n) is 39.4. The highest BCUT2D eigenvalue weighted by molar-refractivity contribution is 8.77. The molecule has 47 heteroatoms. The fourth-order valence-electron chi connectivity index (χ4n) is 13.5. The van der Waals surface area contributed by atoms with E-state index in [1.54, 1.807) is 37.1 Å². The molecule has 0 spiro atoms. The number of aliphatic hydroxyl groups excluding tert-OH is 1. The normalized spacial score (nSPS) is 16.7. The number of carbonyl (C=O) groups is 14. The van der Waals surface area contributed by atoms with Gasteiger partial charge in [-0.05, 0) is 93.7 Å². The number of rotatable bonds is 46. The highest BCUT2D eigenvalue weighted by Crippen LogP contribution is 2.44. The van der Waals surface area contributed by atoms with Crippen molar-refractivity contribution in [3.05, 3.63) is 112 Å². The Morgan fingerprint density at radius 2 is 1.23 bits per heavy atom. The molecule has 4 aliphatic rings. The molecule has 6 heterocycles. The number of nitrogens with zero attached hydrogens (tertiary/aromatic N) is 7. The molecule has 2 saturated heterocycles. The first-order chi connectivity index (χ1) is 59.9. The van der Waals surface area contributed by atoms with Crippen LogP contribution in [0.15, 0.2) is 88.8 Å². The zero-order valence-electron chi connectivity index (χ0n) is 68.6. The first kappa shape index (κ1) is 96.0. The third-order valence-electron chi connectivity index (χ3n) is 20.1. The summed E-state index contributed by atoms with van der Waals surface area (Å²) in [4.78, 5) is 223. The van der Waals surface area contributed by atoms with Crippen molar-refractivity contribution in [2.45, 2.75) is 157 Å². The number of carboxylic acid groups (broad SMARTS) is 5. The second-order valence-corrected chi connectivity index (χ2v) is 32.5. The van der Waals surface area contributed by atoms with Gasteiger partial charge in [-0.15, -0.1) is 0 Å². The van der Waals surface area contributed by atoms with Gasteiger partial charge in [0.2, 0.25) is 35.5 Å². The largest absolute Gasteiger partial charge is 0.493 e. The number of methoxy groups -OCH3 is 2. The van der Waals surface area contributed by atoms with Gasteiger partial charge in [-0.2, -0.15) is 4.98 Å². The Balaban J connectivity index is 0.784. The van der Waals surface area contributed by atoms with E-state index in [2.05, 4.69) is 75.3 Å². The average molecular weight is 1790 g/mol. The number of nitrogens with two attached hydrogens (primary N) is 2. The van der Waals surface area contributed by atoms with Crippen LogP contribution in [0, 0.1) is 11.3 Å². The number of carbonyl (C=O) groups excluding carboxylic acids is 9. The molecule has 0 radical (unpaired) electrons. The highest BCUT2D eigenvalue weighted by atomic mass is 33.1. The smallest absolute Gasteiger partial charge is 0.416 e. The van der Waals surface area contributed by atoms with Crippen LogP contribution >= 0.6 is 21.6 Å². The molecule has 2 aromatic heterocycles. The van der Waals surface area contributed by atoms with E-state index in [4.69, 9.17) is 40.6 Å². The summed E-state index contributed by atoms with van der Waals surface area (Å²) in [5.74, 6) is -17.5. The number of aromatic nitrogens is 4. The number of aliphatic carboxylic acids is 5. The van der Waals surface area contributed by atoms with Crippen molar-refractivity contribution in [2.75, 3.05) is 75.4 Å². The molecule has 5 aromatic rings. The number of aliphatic imine (C=N–C) groups is 1. The maximum absolute atomic E-state index is 14.6. The van der Waals surface area contributed by atoms with Crippen molar-refractivity contribution in [3.63, 3.8) is 0 Å². The maximum atomic E-state index is 14.6. The monoisotopic (exact) mass is 1790 g/mol. The molecule has 0 bridgehead atoms. The van der Waals surface area contributed by atoms with E-state index in [0.717, 1.165) is 32.1 Å². The summed E-state index contributed by atoms with van der Waals surface area (Å²) in [7, 11) is 4.70. The first-order valence-corrected chi connectivity index (χ1v) is 41.8. The van der Waals surface area contributed by atoms with Gasteiger partial charge < -0.3 is 118 Å². The fraction of sp³-hybridized carbons (Fsp3) is 0.443. The molecule has 2 fully saturated rings. The number of benzene rings is 3. The van der Waals surface area contributed by atoms with Crippen LogP contribution in [-0.4, -0.2) is 275 Å². The second-order valence-electron chi connectivity index (χ2n) is 29.8. The predicted molar refractivity (Wildman–Crippen MR) is 452 cm³/mol. The third-order valence-corrected chi connectivity index (χ3v) is 23.2. The molecule has 676 valence electrons. The quantitative estimate of drug-likeness (QED) is 0.00859.